The molecule has 220 valence electrons. The average molecular weight is 603 g/mol. The topological polar surface area (TPSA) is 64.7 Å². The van der Waals surface area contributed by atoms with Crippen LogP contribution in [0.25, 0.3) is 89.3 Å². The van der Waals surface area contributed by atoms with Crippen molar-refractivity contribution >= 4 is 32.8 Å². The van der Waals surface area contributed by atoms with Gasteiger partial charge in [0.15, 0.2) is 17.5 Å². The second-order valence-corrected chi connectivity index (χ2v) is 11.6. The molecule has 0 N–H and O–H groups in total. The lowest BCUT2D eigenvalue weighted by molar-refractivity contribution is 0.654. The highest BCUT2D eigenvalue weighted by Gasteiger charge is 2.16. The van der Waals surface area contributed by atoms with Crippen LogP contribution < -0.4 is 0 Å². The van der Waals surface area contributed by atoms with Crippen molar-refractivity contribution in [1.29, 1.82) is 0 Å². The zero-order valence-electron chi connectivity index (χ0n) is 25.2. The standard InChI is InChI=1S/C42H26N4O/c1-3-12-28(13-4-1)39-44-40(29-14-5-2-6-15-29)46-41(45-39)34-23-32(31-20-19-27-11-7-8-16-30(27)21-31)22-33(24-34)35-25-37-36-17-9-10-18-38(36)47-42(37)43-26-35/h1-26H. The van der Waals surface area contributed by atoms with E-state index >= 15 is 0 Å². The van der Waals surface area contributed by atoms with Gasteiger partial charge in [-0.1, -0.05) is 115 Å². The molecule has 0 aliphatic carbocycles. The highest BCUT2D eigenvalue weighted by molar-refractivity contribution is 6.05. The smallest absolute Gasteiger partial charge is 0.227 e. The molecule has 0 saturated heterocycles. The van der Waals surface area contributed by atoms with E-state index in [-0.39, 0.29) is 0 Å². The van der Waals surface area contributed by atoms with E-state index in [2.05, 4.69) is 72.8 Å². The molecular weight excluding hydrogens is 576 g/mol. The largest absolute Gasteiger partial charge is 0.438 e. The van der Waals surface area contributed by atoms with Crippen LogP contribution in [0, 0.1) is 0 Å². The van der Waals surface area contributed by atoms with E-state index in [9.17, 15) is 0 Å². The van der Waals surface area contributed by atoms with Gasteiger partial charge in [0, 0.05) is 39.2 Å². The maximum atomic E-state index is 6.04. The lowest BCUT2D eigenvalue weighted by atomic mass is 9.94. The molecule has 5 nitrogen and oxygen atoms in total. The molecule has 9 rings (SSSR count). The third-order valence-corrected chi connectivity index (χ3v) is 8.54. The molecule has 3 heterocycles. The van der Waals surface area contributed by atoms with Gasteiger partial charge in [0.1, 0.15) is 5.58 Å². The lowest BCUT2D eigenvalue weighted by Gasteiger charge is -2.13. The number of fused-ring (bicyclic) bond motifs is 4. The van der Waals surface area contributed by atoms with Crippen LogP contribution in [0.1, 0.15) is 0 Å². The third kappa shape index (κ3) is 5.00. The predicted molar refractivity (Wildman–Crippen MR) is 190 cm³/mol. The van der Waals surface area contributed by atoms with Crippen LogP contribution in [0.5, 0.6) is 0 Å². The Labute approximate surface area is 270 Å². The number of pyridine rings is 1. The SMILES string of the molecule is c1ccc(-c2nc(-c3ccccc3)nc(-c3cc(-c4ccc5ccccc5c4)cc(-c4cnc5oc6ccccc6c5c4)c3)n2)cc1. The minimum absolute atomic E-state index is 0.601. The molecule has 0 unspecified atom stereocenters. The molecule has 5 heteroatoms. The number of benzene rings is 6. The summed E-state index contributed by atoms with van der Waals surface area (Å²) >= 11 is 0. The quantitative estimate of drug-likeness (QED) is 0.196. The molecule has 0 saturated carbocycles. The van der Waals surface area contributed by atoms with Gasteiger partial charge >= 0.3 is 0 Å². The van der Waals surface area contributed by atoms with E-state index in [0.717, 1.165) is 55.3 Å². The number of furan rings is 1. The van der Waals surface area contributed by atoms with Crippen molar-refractivity contribution in [3.8, 4) is 56.4 Å². The summed E-state index contributed by atoms with van der Waals surface area (Å²) in [4.78, 5) is 19.7. The Hall–Kier alpha value is -6.46. The molecule has 0 aliphatic rings. The first-order valence-electron chi connectivity index (χ1n) is 15.5. The Balaban J connectivity index is 1.28. The number of aromatic nitrogens is 4. The third-order valence-electron chi connectivity index (χ3n) is 8.54. The number of hydrogen-bond acceptors (Lipinski definition) is 5. The van der Waals surface area contributed by atoms with E-state index in [4.69, 9.17) is 24.4 Å². The summed E-state index contributed by atoms with van der Waals surface area (Å²) in [7, 11) is 0. The second-order valence-electron chi connectivity index (χ2n) is 11.6. The Morgan fingerprint density at radius 2 is 0.936 bits per heavy atom. The molecule has 0 amide bonds. The van der Waals surface area contributed by atoms with Crippen LogP contribution in [-0.2, 0) is 0 Å². The Morgan fingerprint density at radius 3 is 1.66 bits per heavy atom. The predicted octanol–water partition coefficient (Wildman–Crippen LogP) is 10.7. The first kappa shape index (κ1) is 26.9. The normalized spacial score (nSPS) is 11.4. The number of rotatable bonds is 5. The van der Waals surface area contributed by atoms with Gasteiger partial charge in [-0.05, 0) is 63.9 Å². The molecule has 3 aromatic heterocycles. The second kappa shape index (κ2) is 11.2. The molecule has 0 aliphatic heterocycles. The van der Waals surface area contributed by atoms with Crippen LogP contribution >= 0.6 is 0 Å². The number of nitrogens with zero attached hydrogens (tertiary/aromatic N) is 4. The summed E-state index contributed by atoms with van der Waals surface area (Å²) in [6.45, 7) is 0. The lowest BCUT2D eigenvalue weighted by Crippen LogP contribution is -2.00. The Morgan fingerprint density at radius 1 is 0.362 bits per heavy atom. The number of para-hydroxylation sites is 1. The fraction of sp³-hybridized carbons (Fsp3) is 0. The van der Waals surface area contributed by atoms with Crippen molar-refractivity contribution in [2.75, 3.05) is 0 Å². The summed E-state index contributed by atoms with van der Waals surface area (Å²) < 4.78 is 6.04. The minimum Gasteiger partial charge on any atom is -0.438 e. The van der Waals surface area contributed by atoms with Gasteiger partial charge in [-0.15, -0.1) is 0 Å². The minimum atomic E-state index is 0.601. The van der Waals surface area contributed by atoms with Crippen molar-refractivity contribution in [1.82, 2.24) is 19.9 Å². The molecule has 0 spiro atoms. The van der Waals surface area contributed by atoms with E-state index in [0.29, 0.717) is 23.2 Å². The van der Waals surface area contributed by atoms with Gasteiger partial charge in [-0.3, -0.25) is 0 Å². The van der Waals surface area contributed by atoms with E-state index in [1.165, 1.54) is 10.8 Å². The summed E-state index contributed by atoms with van der Waals surface area (Å²) in [6.07, 6.45) is 1.88. The van der Waals surface area contributed by atoms with Crippen LogP contribution in [-0.4, -0.2) is 19.9 Å². The van der Waals surface area contributed by atoms with Crippen molar-refractivity contribution in [2.45, 2.75) is 0 Å². The highest BCUT2D eigenvalue weighted by atomic mass is 16.3. The van der Waals surface area contributed by atoms with Gasteiger partial charge in [0.2, 0.25) is 5.71 Å². The van der Waals surface area contributed by atoms with E-state index in [1.54, 1.807) is 0 Å². The van der Waals surface area contributed by atoms with E-state index in [1.807, 2.05) is 85.1 Å². The molecule has 0 radical (unpaired) electrons. The zero-order chi connectivity index (χ0) is 31.2. The van der Waals surface area contributed by atoms with E-state index < -0.39 is 0 Å². The van der Waals surface area contributed by atoms with Crippen LogP contribution in [0.4, 0.5) is 0 Å². The molecular formula is C42H26N4O. The monoisotopic (exact) mass is 602 g/mol. The fourth-order valence-corrected chi connectivity index (χ4v) is 6.16. The van der Waals surface area contributed by atoms with Crippen molar-refractivity contribution in [3.63, 3.8) is 0 Å². The molecule has 9 aromatic rings. The Kier molecular flexibility index (Phi) is 6.39. The van der Waals surface area contributed by atoms with Crippen LogP contribution in [0.2, 0.25) is 0 Å². The maximum Gasteiger partial charge on any atom is 0.227 e. The van der Waals surface area contributed by atoms with Crippen molar-refractivity contribution in [3.05, 3.63) is 158 Å². The molecule has 6 aromatic carbocycles. The summed E-state index contributed by atoms with van der Waals surface area (Å²) in [5.74, 6) is 1.85. The van der Waals surface area contributed by atoms with Crippen LogP contribution in [0.3, 0.4) is 0 Å². The van der Waals surface area contributed by atoms with Gasteiger partial charge in [0.25, 0.3) is 0 Å². The summed E-state index contributed by atoms with van der Waals surface area (Å²) in [5.41, 5.74) is 8.35. The Bertz CT molecular complexity index is 2520. The van der Waals surface area contributed by atoms with Crippen LogP contribution in [0.15, 0.2) is 162 Å². The summed E-state index contributed by atoms with van der Waals surface area (Å²) in [6, 6.07) is 51.9. The van der Waals surface area contributed by atoms with Gasteiger partial charge in [-0.25, -0.2) is 19.9 Å². The molecule has 0 bridgehead atoms. The summed E-state index contributed by atoms with van der Waals surface area (Å²) in [5, 5.41) is 4.41. The molecule has 0 atom stereocenters. The fourth-order valence-electron chi connectivity index (χ4n) is 6.16. The van der Waals surface area contributed by atoms with Crippen molar-refractivity contribution < 1.29 is 4.42 Å². The first-order chi connectivity index (χ1) is 23.2. The van der Waals surface area contributed by atoms with Gasteiger partial charge in [-0.2, -0.15) is 0 Å². The van der Waals surface area contributed by atoms with Gasteiger partial charge < -0.3 is 4.42 Å². The average Bonchev–Trinajstić information content (AvgIpc) is 3.53. The number of hydrogen-bond donors (Lipinski definition) is 0. The maximum absolute atomic E-state index is 6.04. The zero-order valence-corrected chi connectivity index (χ0v) is 25.2. The van der Waals surface area contributed by atoms with Crippen molar-refractivity contribution in [2.24, 2.45) is 0 Å². The highest BCUT2D eigenvalue weighted by Crippen LogP contribution is 2.36. The first-order valence-corrected chi connectivity index (χ1v) is 15.5. The molecule has 0 fully saturated rings. The molecule has 47 heavy (non-hydrogen) atoms. The van der Waals surface area contributed by atoms with Gasteiger partial charge in [0.05, 0.1) is 0 Å².